The van der Waals surface area contributed by atoms with Gasteiger partial charge in [0.1, 0.15) is 11.6 Å². The van der Waals surface area contributed by atoms with Crippen LogP contribution in [-0.2, 0) is 21.0 Å². The number of hydrogen-bond acceptors (Lipinski definition) is 4. The number of anilines is 2. The van der Waals surface area contributed by atoms with Crippen LogP contribution in [0.3, 0.4) is 0 Å². The number of benzene rings is 3. The first-order valence-corrected chi connectivity index (χ1v) is 10.9. The van der Waals surface area contributed by atoms with Gasteiger partial charge in [-0.1, -0.05) is 18.2 Å². The molecule has 0 heterocycles. The number of nitrogens with zero attached hydrogens (tertiary/aromatic N) is 1. The summed E-state index contributed by atoms with van der Waals surface area (Å²) in [5.41, 5.74) is -1.38. The summed E-state index contributed by atoms with van der Waals surface area (Å²) in [7, 11) is -2.37. The van der Waals surface area contributed by atoms with Gasteiger partial charge in [0.2, 0.25) is 0 Å². The van der Waals surface area contributed by atoms with Crippen molar-refractivity contribution in [2.75, 3.05) is 23.3 Å². The number of rotatable bonds is 7. The number of halogens is 4. The smallest absolute Gasteiger partial charge is 0.419 e. The second-order valence-corrected chi connectivity index (χ2v) is 8.78. The molecule has 3 aromatic rings. The molecule has 1 amide bonds. The first-order chi connectivity index (χ1) is 15.5. The zero-order valence-electron chi connectivity index (χ0n) is 17.1. The maximum absolute atomic E-state index is 13.3. The molecule has 174 valence electrons. The maximum Gasteiger partial charge on any atom is 0.419 e. The number of alkyl halides is 3. The first kappa shape index (κ1) is 24.1. The molecule has 3 rings (SSSR count). The van der Waals surface area contributed by atoms with Gasteiger partial charge in [-0.15, -0.1) is 0 Å². The molecule has 0 radical (unpaired) electrons. The second kappa shape index (κ2) is 9.49. The minimum atomic E-state index is -4.90. The van der Waals surface area contributed by atoms with Gasteiger partial charge in [-0.3, -0.25) is 9.10 Å². The van der Waals surface area contributed by atoms with Gasteiger partial charge < -0.3 is 10.1 Å². The highest BCUT2D eigenvalue weighted by atomic mass is 32.2. The van der Waals surface area contributed by atoms with Crippen molar-refractivity contribution in [1.29, 1.82) is 0 Å². The highest BCUT2D eigenvalue weighted by Crippen LogP contribution is 2.33. The third kappa shape index (κ3) is 5.80. The predicted molar refractivity (Wildman–Crippen MR) is 114 cm³/mol. The molecule has 0 fully saturated rings. The SMILES string of the molecule is CN(c1ccc(OCC(=O)Nc2ccc(F)c(C(F)(F)F)c2)cc1)S(=O)(=O)c1ccccc1. The lowest BCUT2D eigenvalue weighted by atomic mass is 10.2. The van der Waals surface area contributed by atoms with Gasteiger partial charge in [-0.25, -0.2) is 12.8 Å². The average Bonchev–Trinajstić information content (AvgIpc) is 2.78. The molecule has 1 N–H and O–H groups in total. The summed E-state index contributed by atoms with van der Waals surface area (Å²) in [6.45, 7) is -0.532. The van der Waals surface area contributed by atoms with Crippen LogP contribution in [0.5, 0.6) is 5.75 Å². The van der Waals surface area contributed by atoms with E-state index in [4.69, 9.17) is 4.74 Å². The summed E-state index contributed by atoms with van der Waals surface area (Å²) >= 11 is 0. The monoisotopic (exact) mass is 482 g/mol. The Hall–Kier alpha value is -3.60. The molecule has 0 aliphatic carbocycles. The molecule has 0 aliphatic rings. The lowest BCUT2D eigenvalue weighted by Crippen LogP contribution is -2.26. The zero-order chi connectivity index (χ0) is 24.2. The van der Waals surface area contributed by atoms with E-state index in [0.29, 0.717) is 17.8 Å². The zero-order valence-corrected chi connectivity index (χ0v) is 18.0. The van der Waals surface area contributed by atoms with Crippen molar-refractivity contribution >= 4 is 27.3 Å². The minimum absolute atomic E-state index is 0.124. The number of sulfonamides is 1. The molecule has 3 aromatic carbocycles. The van der Waals surface area contributed by atoms with Crippen LogP contribution >= 0.6 is 0 Å². The van der Waals surface area contributed by atoms with E-state index in [-0.39, 0.29) is 16.3 Å². The topological polar surface area (TPSA) is 75.7 Å². The maximum atomic E-state index is 13.3. The standard InChI is InChI=1S/C22H18F4N2O4S/c1-28(33(30,31)18-5-3-2-4-6-18)16-8-10-17(11-9-16)32-14-21(29)27-15-7-12-20(23)19(13-15)22(24,25)26/h2-13H,14H2,1H3,(H,27,29). The number of ether oxygens (including phenoxy) is 1. The van der Waals surface area contributed by atoms with Gasteiger partial charge in [0.25, 0.3) is 15.9 Å². The fourth-order valence-electron chi connectivity index (χ4n) is 2.81. The molecule has 0 aromatic heterocycles. The molecule has 0 spiro atoms. The van der Waals surface area contributed by atoms with Crippen molar-refractivity contribution in [3.05, 3.63) is 84.2 Å². The van der Waals surface area contributed by atoms with E-state index in [1.54, 1.807) is 18.2 Å². The molecule has 0 unspecified atom stereocenters. The summed E-state index contributed by atoms with van der Waals surface area (Å²) in [5, 5.41) is 2.20. The Morgan fingerprint density at radius 2 is 1.64 bits per heavy atom. The Morgan fingerprint density at radius 1 is 1.00 bits per heavy atom. The van der Waals surface area contributed by atoms with E-state index in [0.717, 1.165) is 10.4 Å². The molecule has 33 heavy (non-hydrogen) atoms. The van der Waals surface area contributed by atoms with Crippen molar-refractivity contribution in [3.8, 4) is 5.75 Å². The van der Waals surface area contributed by atoms with Crippen LogP contribution in [0.1, 0.15) is 5.56 Å². The van der Waals surface area contributed by atoms with Crippen LogP contribution in [0.15, 0.2) is 77.7 Å². The Kier molecular flexibility index (Phi) is 6.92. The number of hydrogen-bond donors (Lipinski definition) is 1. The summed E-state index contributed by atoms with van der Waals surface area (Å²) in [5.74, 6) is -1.98. The van der Waals surface area contributed by atoms with Crippen LogP contribution in [0.25, 0.3) is 0 Å². The Labute approximate surface area is 187 Å². The molecular formula is C22H18F4N2O4S. The molecule has 0 atom stereocenters. The summed E-state index contributed by atoms with van der Waals surface area (Å²) in [6.07, 6.45) is -4.90. The van der Waals surface area contributed by atoms with Crippen LogP contribution in [-0.4, -0.2) is 28.0 Å². The largest absolute Gasteiger partial charge is 0.484 e. The lowest BCUT2D eigenvalue weighted by Gasteiger charge is -2.19. The molecule has 11 heteroatoms. The summed E-state index contributed by atoms with van der Waals surface area (Å²) in [4.78, 5) is 12.1. The van der Waals surface area contributed by atoms with Crippen molar-refractivity contribution < 1.29 is 35.5 Å². The molecular weight excluding hydrogens is 464 g/mol. The normalized spacial score (nSPS) is 11.7. The van der Waals surface area contributed by atoms with E-state index in [2.05, 4.69) is 5.32 Å². The van der Waals surface area contributed by atoms with Gasteiger partial charge in [0, 0.05) is 12.7 Å². The van der Waals surface area contributed by atoms with Crippen molar-refractivity contribution in [1.82, 2.24) is 0 Å². The fourth-order valence-corrected chi connectivity index (χ4v) is 4.02. The van der Waals surface area contributed by atoms with Gasteiger partial charge in [0.15, 0.2) is 6.61 Å². The Balaban J connectivity index is 1.61. The molecule has 0 aliphatic heterocycles. The molecule has 6 nitrogen and oxygen atoms in total. The average molecular weight is 482 g/mol. The van der Waals surface area contributed by atoms with E-state index >= 15 is 0 Å². The molecule has 0 saturated heterocycles. The summed E-state index contributed by atoms with van der Waals surface area (Å²) in [6, 6.07) is 15.8. The third-order valence-corrected chi connectivity index (χ3v) is 6.33. The predicted octanol–water partition coefficient (Wildman–Crippen LogP) is 4.69. The quantitative estimate of drug-likeness (QED) is 0.496. The number of carbonyl (C=O) groups is 1. The number of carbonyl (C=O) groups excluding carboxylic acids is 1. The highest BCUT2D eigenvalue weighted by molar-refractivity contribution is 7.92. The Morgan fingerprint density at radius 3 is 2.24 bits per heavy atom. The number of nitrogens with one attached hydrogen (secondary N) is 1. The summed E-state index contributed by atoms with van der Waals surface area (Å²) < 4.78 is 83.4. The Bertz CT molecular complexity index is 1230. The molecule has 0 bridgehead atoms. The van der Waals surface area contributed by atoms with Crippen molar-refractivity contribution in [2.45, 2.75) is 11.1 Å². The third-order valence-electron chi connectivity index (χ3n) is 4.53. The van der Waals surface area contributed by atoms with Crippen LogP contribution < -0.4 is 14.4 Å². The second-order valence-electron chi connectivity index (χ2n) is 6.81. The fraction of sp³-hybridized carbons (Fsp3) is 0.136. The van der Waals surface area contributed by atoms with Gasteiger partial charge >= 0.3 is 6.18 Å². The van der Waals surface area contributed by atoms with E-state index in [1.807, 2.05) is 0 Å². The molecule has 0 saturated carbocycles. The number of amides is 1. The first-order valence-electron chi connectivity index (χ1n) is 9.42. The van der Waals surface area contributed by atoms with E-state index in [9.17, 15) is 30.8 Å². The highest BCUT2D eigenvalue weighted by Gasteiger charge is 2.34. The van der Waals surface area contributed by atoms with Gasteiger partial charge in [-0.05, 0) is 54.6 Å². The minimum Gasteiger partial charge on any atom is -0.484 e. The lowest BCUT2D eigenvalue weighted by molar-refractivity contribution is -0.140. The van der Waals surface area contributed by atoms with Crippen LogP contribution in [0.4, 0.5) is 28.9 Å². The van der Waals surface area contributed by atoms with Crippen LogP contribution in [0.2, 0.25) is 0 Å². The van der Waals surface area contributed by atoms with Gasteiger partial charge in [0.05, 0.1) is 16.1 Å². The van der Waals surface area contributed by atoms with Crippen molar-refractivity contribution in [3.63, 3.8) is 0 Å². The van der Waals surface area contributed by atoms with Crippen LogP contribution in [0, 0.1) is 5.82 Å². The van der Waals surface area contributed by atoms with Crippen molar-refractivity contribution in [2.24, 2.45) is 0 Å². The van der Waals surface area contributed by atoms with E-state index < -0.39 is 40.1 Å². The van der Waals surface area contributed by atoms with Gasteiger partial charge in [-0.2, -0.15) is 13.2 Å². The van der Waals surface area contributed by atoms with E-state index in [1.165, 1.54) is 43.4 Å².